The predicted molar refractivity (Wildman–Crippen MR) is 84.3 cm³/mol. The molecule has 2 aliphatic rings. The van der Waals surface area contributed by atoms with E-state index >= 15 is 0 Å². The van der Waals surface area contributed by atoms with E-state index in [0.717, 1.165) is 19.5 Å². The first kappa shape index (κ1) is 12.9. The van der Waals surface area contributed by atoms with E-state index in [9.17, 15) is 5.11 Å². The van der Waals surface area contributed by atoms with Crippen LogP contribution in [0.25, 0.3) is 0 Å². The summed E-state index contributed by atoms with van der Waals surface area (Å²) in [7, 11) is 0. The van der Waals surface area contributed by atoms with Crippen LogP contribution in [0.15, 0.2) is 42.5 Å². The van der Waals surface area contributed by atoms with Crippen molar-refractivity contribution in [3.63, 3.8) is 0 Å². The highest BCUT2D eigenvalue weighted by Gasteiger charge is 2.28. The van der Waals surface area contributed by atoms with Crippen LogP contribution in [-0.2, 0) is 19.4 Å². The Kier molecular flexibility index (Phi) is 3.19. The van der Waals surface area contributed by atoms with Gasteiger partial charge in [0.2, 0.25) is 0 Å². The Morgan fingerprint density at radius 2 is 1.86 bits per heavy atom. The average Bonchev–Trinajstić information content (AvgIpc) is 2.53. The summed E-state index contributed by atoms with van der Waals surface area (Å²) in [6.07, 6.45) is 4.85. The fourth-order valence-electron chi connectivity index (χ4n) is 3.94. The fourth-order valence-corrected chi connectivity index (χ4v) is 3.94. The van der Waals surface area contributed by atoms with Gasteiger partial charge in [0.1, 0.15) is 5.75 Å². The first-order chi connectivity index (χ1) is 10.3. The van der Waals surface area contributed by atoms with E-state index in [0.29, 0.717) is 11.8 Å². The van der Waals surface area contributed by atoms with Gasteiger partial charge in [-0.05, 0) is 60.1 Å². The number of aromatic hydroxyl groups is 1. The molecule has 2 nitrogen and oxygen atoms in total. The van der Waals surface area contributed by atoms with Crippen LogP contribution in [0, 0.1) is 0 Å². The van der Waals surface area contributed by atoms with Crippen molar-refractivity contribution in [3.8, 4) is 5.75 Å². The summed E-state index contributed by atoms with van der Waals surface area (Å²) in [6.45, 7) is 2.08. The van der Waals surface area contributed by atoms with Crippen molar-refractivity contribution in [1.29, 1.82) is 0 Å². The normalized spacial score (nSPS) is 21.6. The van der Waals surface area contributed by atoms with Gasteiger partial charge in [0.05, 0.1) is 0 Å². The quantitative estimate of drug-likeness (QED) is 0.857. The Morgan fingerprint density at radius 3 is 2.81 bits per heavy atom. The number of phenolic OH excluding ortho intramolecular Hbond substituents is 1. The number of aryl methyl sites for hydroxylation is 1. The number of fused-ring (bicyclic) bond motifs is 2. The molecular weight excluding hydrogens is 258 g/mol. The molecule has 1 aliphatic carbocycles. The summed E-state index contributed by atoms with van der Waals surface area (Å²) in [5, 5.41) is 9.72. The van der Waals surface area contributed by atoms with Crippen molar-refractivity contribution in [1.82, 2.24) is 4.90 Å². The number of nitrogens with zero attached hydrogens (tertiary/aromatic N) is 1. The molecule has 0 fully saturated rings. The van der Waals surface area contributed by atoms with E-state index in [1.54, 1.807) is 0 Å². The van der Waals surface area contributed by atoms with E-state index < -0.39 is 0 Å². The van der Waals surface area contributed by atoms with Crippen LogP contribution in [0.3, 0.4) is 0 Å². The van der Waals surface area contributed by atoms with Crippen molar-refractivity contribution in [3.05, 3.63) is 64.7 Å². The average molecular weight is 279 g/mol. The van der Waals surface area contributed by atoms with Crippen LogP contribution in [0.4, 0.5) is 0 Å². The number of hydrogen-bond donors (Lipinski definition) is 1. The highest BCUT2D eigenvalue weighted by molar-refractivity contribution is 5.37. The zero-order valence-electron chi connectivity index (χ0n) is 12.3. The molecule has 1 heterocycles. The van der Waals surface area contributed by atoms with Gasteiger partial charge in [-0.1, -0.05) is 30.3 Å². The molecule has 0 bridgehead atoms. The smallest absolute Gasteiger partial charge is 0.115 e. The summed E-state index contributed by atoms with van der Waals surface area (Å²) in [6, 6.07) is 15.3. The molecule has 0 radical (unpaired) electrons. The summed E-state index contributed by atoms with van der Waals surface area (Å²) >= 11 is 0. The van der Waals surface area contributed by atoms with Gasteiger partial charge in [-0.3, -0.25) is 4.90 Å². The van der Waals surface area contributed by atoms with Gasteiger partial charge in [0, 0.05) is 19.1 Å². The first-order valence-electron chi connectivity index (χ1n) is 7.94. The van der Waals surface area contributed by atoms with Gasteiger partial charge in [-0.2, -0.15) is 0 Å². The maximum Gasteiger partial charge on any atom is 0.115 e. The Hall–Kier alpha value is -1.80. The van der Waals surface area contributed by atoms with Gasteiger partial charge in [-0.25, -0.2) is 0 Å². The van der Waals surface area contributed by atoms with Crippen molar-refractivity contribution >= 4 is 0 Å². The van der Waals surface area contributed by atoms with Crippen LogP contribution in [-0.4, -0.2) is 16.6 Å². The van der Waals surface area contributed by atoms with Gasteiger partial charge < -0.3 is 5.11 Å². The minimum Gasteiger partial charge on any atom is -0.508 e. The Bertz CT molecular complexity index is 664. The molecule has 2 heteroatoms. The van der Waals surface area contributed by atoms with Crippen LogP contribution >= 0.6 is 0 Å². The second-order valence-electron chi connectivity index (χ2n) is 6.28. The summed E-state index contributed by atoms with van der Waals surface area (Å²) in [5.74, 6) is 0.389. The van der Waals surface area contributed by atoms with E-state index in [-0.39, 0.29) is 0 Å². The molecule has 0 saturated carbocycles. The third-order valence-electron chi connectivity index (χ3n) is 5.01. The van der Waals surface area contributed by atoms with E-state index in [1.807, 2.05) is 12.1 Å². The van der Waals surface area contributed by atoms with Crippen molar-refractivity contribution in [2.45, 2.75) is 38.3 Å². The van der Waals surface area contributed by atoms with Crippen molar-refractivity contribution < 1.29 is 5.11 Å². The molecule has 108 valence electrons. The topological polar surface area (TPSA) is 23.5 Å². The van der Waals surface area contributed by atoms with Gasteiger partial charge >= 0.3 is 0 Å². The minimum absolute atomic E-state index is 0.389. The second-order valence-corrected chi connectivity index (χ2v) is 6.28. The predicted octanol–water partition coefficient (Wildman–Crippen LogP) is 3.83. The molecule has 1 atom stereocenters. The maximum atomic E-state index is 9.72. The SMILES string of the molecule is Oc1ccc2c(c1)CN(C1CCCc3ccccc31)CC2. The highest BCUT2D eigenvalue weighted by Crippen LogP contribution is 2.37. The molecule has 1 unspecified atom stereocenters. The molecule has 4 rings (SSSR count). The molecule has 0 aromatic heterocycles. The van der Waals surface area contributed by atoms with Gasteiger partial charge in [-0.15, -0.1) is 0 Å². The lowest BCUT2D eigenvalue weighted by Crippen LogP contribution is -2.35. The third-order valence-corrected chi connectivity index (χ3v) is 5.01. The lowest BCUT2D eigenvalue weighted by molar-refractivity contribution is 0.161. The minimum atomic E-state index is 0.389. The monoisotopic (exact) mass is 279 g/mol. The number of phenols is 1. The van der Waals surface area contributed by atoms with E-state index in [4.69, 9.17) is 0 Å². The standard InChI is InChI=1S/C19H21NO/c21-17-9-8-14-10-11-20(13-16(14)12-17)19-7-3-5-15-4-1-2-6-18(15)19/h1-2,4,6,8-9,12,19,21H,3,5,7,10-11,13H2. The molecule has 0 amide bonds. The van der Waals surface area contributed by atoms with Gasteiger partial charge in [0.15, 0.2) is 0 Å². The summed E-state index contributed by atoms with van der Waals surface area (Å²) < 4.78 is 0. The zero-order valence-corrected chi connectivity index (χ0v) is 12.3. The van der Waals surface area contributed by atoms with Crippen LogP contribution < -0.4 is 0 Å². The Labute approximate surface area is 126 Å². The van der Waals surface area contributed by atoms with Gasteiger partial charge in [0.25, 0.3) is 0 Å². The Morgan fingerprint density at radius 1 is 0.952 bits per heavy atom. The maximum absolute atomic E-state index is 9.72. The van der Waals surface area contributed by atoms with Crippen LogP contribution in [0.5, 0.6) is 5.75 Å². The lowest BCUT2D eigenvalue weighted by Gasteiger charge is -2.38. The van der Waals surface area contributed by atoms with Crippen LogP contribution in [0.1, 0.15) is 41.1 Å². The number of rotatable bonds is 1. The molecule has 2 aromatic carbocycles. The van der Waals surface area contributed by atoms with E-state index in [1.165, 1.54) is 41.5 Å². The molecule has 21 heavy (non-hydrogen) atoms. The van der Waals surface area contributed by atoms with Crippen LogP contribution in [0.2, 0.25) is 0 Å². The molecule has 1 aliphatic heterocycles. The number of benzene rings is 2. The summed E-state index contributed by atoms with van der Waals surface area (Å²) in [4.78, 5) is 2.60. The molecule has 0 spiro atoms. The second kappa shape index (κ2) is 5.19. The highest BCUT2D eigenvalue weighted by atomic mass is 16.3. The fraction of sp³-hybridized carbons (Fsp3) is 0.368. The van der Waals surface area contributed by atoms with Crippen molar-refractivity contribution in [2.24, 2.45) is 0 Å². The summed E-state index contributed by atoms with van der Waals surface area (Å²) in [5.41, 5.74) is 5.74. The van der Waals surface area contributed by atoms with E-state index in [2.05, 4.69) is 35.2 Å². The largest absolute Gasteiger partial charge is 0.508 e. The molecule has 2 aromatic rings. The van der Waals surface area contributed by atoms with Crippen molar-refractivity contribution in [2.75, 3.05) is 6.54 Å². The molecular formula is C19H21NO. The zero-order chi connectivity index (χ0) is 14.2. The Balaban J connectivity index is 1.64. The first-order valence-corrected chi connectivity index (χ1v) is 7.94. The lowest BCUT2D eigenvalue weighted by atomic mass is 9.85. The molecule has 0 saturated heterocycles. The number of hydrogen-bond acceptors (Lipinski definition) is 2. The molecule has 1 N–H and O–H groups in total. The third kappa shape index (κ3) is 2.34.